The predicted molar refractivity (Wildman–Crippen MR) is 105 cm³/mol. The number of thiocarbonyl (C=S) groups is 1. The molecule has 0 unspecified atom stereocenters. The maximum Gasteiger partial charge on any atom is 0.251 e. The van der Waals surface area contributed by atoms with E-state index in [1.165, 1.54) is 0 Å². The number of rotatable bonds is 6. The molecule has 0 aromatic heterocycles. The summed E-state index contributed by atoms with van der Waals surface area (Å²) in [5.74, 6) is 0.531. The van der Waals surface area contributed by atoms with Crippen molar-refractivity contribution in [2.24, 2.45) is 0 Å². The van der Waals surface area contributed by atoms with Gasteiger partial charge in [-0.3, -0.25) is 15.5 Å². The Morgan fingerprint density at radius 3 is 2.38 bits per heavy atom. The average Bonchev–Trinajstić information content (AvgIpc) is 2.70. The highest BCUT2D eigenvalue weighted by Gasteiger charge is 2.06. The molecule has 3 aromatic rings. The van der Waals surface area contributed by atoms with Gasteiger partial charge in [0.25, 0.3) is 5.91 Å². The first-order valence-corrected chi connectivity index (χ1v) is 8.52. The van der Waals surface area contributed by atoms with Gasteiger partial charge in [0.05, 0.1) is 6.54 Å². The van der Waals surface area contributed by atoms with Crippen molar-refractivity contribution < 1.29 is 14.7 Å². The Morgan fingerprint density at radius 1 is 0.962 bits per heavy atom. The number of carbonyl (C=O) groups is 1. The lowest BCUT2D eigenvalue weighted by molar-refractivity contribution is 0.0947. The zero-order valence-corrected chi connectivity index (χ0v) is 14.8. The Hall–Kier alpha value is -2.96. The summed E-state index contributed by atoms with van der Waals surface area (Å²) in [7, 11) is 0. The molecule has 0 bridgehead atoms. The van der Waals surface area contributed by atoms with E-state index in [1.807, 2.05) is 47.9 Å². The van der Waals surface area contributed by atoms with E-state index >= 15 is 0 Å². The Labute approximate surface area is 156 Å². The topological polar surface area (TPSA) is 70.6 Å². The van der Waals surface area contributed by atoms with Gasteiger partial charge in [0.2, 0.25) is 0 Å². The molecule has 0 aliphatic heterocycles. The van der Waals surface area contributed by atoms with Crippen LogP contribution in [0.2, 0.25) is 0 Å². The number of hydrogen-bond acceptors (Lipinski definition) is 4. The van der Waals surface area contributed by atoms with E-state index in [2.05, 4.69) is 5.32 Å². The standard InChI is InChI=1S/C20H18N2O3S/c23-19(17-6-5-14-3-1-2-4-16(14)13-17)21-11-12-25-18-9-7-15(8-10-18)20(26)22-24/h1-10,13,24H,11-12H2,(H,21,23)(H,22,26). The van der Waals surface area contributed by atoms with Crippen LogP contribution in [0.1, 0.15) is 15.9 Å². The monoisotopic (exact) mass is 366 g/mol. The van der Waals surface area contributed by atoms with Gasteiger partial charge in [0.15, 0.2) is 0 Å². The number of carbonyl (C=O) groups excluding carboxylic acids is 1. The van der Waals surface area contributed by atoms with Crippen LogP contribution in [0.25, 0.3) is 10.8 Å². The molecule has 5 nitrogen and oxygen atoms in total. The molecule has 0 aliphatic carbocycles. The van der Waals surface area contributed by atoms with Gasteiger partial charge in [0.1, 0.15) is 17.3 Å². The largest absolute Gasteiger partial charge is 0.492 e. The number of nitrogens with one attached hydrogen (secondary N) is 2. The minimum atomic E-state index is -0.130. The minimum Gasteiger partial charge on any atom is -0.492 e. The summed E-state index contributed by atoms with van der Waals surface area (Å²) in [5, 5.41) is 13.8. The van der Waals surface area contributed by atoms with Crippen molar-refractivity contribution in [3.8, 4) is 5.75 Å². The Bertz CT molecular complexity index is 926. The molecular formula is C20H18N2O3S. The summed E-state index contributed by atoms with van der Waals surface area (Å²) in [4.78, 5) is 12.5. The van der Waals surface area contributed by atoms with Crippen molar-refractivity contribution in [2.45, 2.75) is 0 Å². The fourth-order valence-corrected chi connectivity index (χ4v) is 2.67. The van der Waals surface area contributed by atoms with Crippen molar-refractivity contribution in [3.05, 3.63) is 77.9 Å². The van der Waals surface area contributed by atoms with Crippen LogP contribution in [-0.2, 0) is 0 Å². The van der Waals surface area contributed by atoms with Crippen LogP contribution < -0.4 is 15.5 Å². The zero-order valence-electron chi connectivity index (χ0n) is 13.9. The molecule has 1 amide bonds. The van der Waals surface area contributed by atoms with Gasteiger partial charge in [-0.1, -0.05) is 42.5 Å². The molecular weight excluding hydrogens is 348 g/mol. The van der Waals surface area contributed by atoms with Crippen LogP contribution in [0.4, 0.5) is 0 Å². The highest BCUT2D eigenvalue weighted by Crippen LogP contribution is 2.15. The molecule has 132 valence electrons. The lowest BCUT2D eigenvalue weighted by Crippen LogP contribution is -2.28. The molecule has 0 aliphatic rings. The summed E-state index contributed by atoms with van der Waals surface area (Å²) in [5.41, 5.74) is 3.25. The predicted octanol–water partition coefficient (Wildman–Crippen LogP) is 3.30. The fraction of sp³-hybridized carbons (Fsp3) is 0.100. The Balaban J connectivity index is 1.49. The summed E-state index contributed by atoms with van der Waals surface area (Å²) >= 11 is 4.93. The van der Waals surface area contributed by atoms with Gasteiger partial charge < -0.3 is 10.1 Å². The average molecular weight is 366 g/mol. The van der Waals surface area contributed by atoms with Crippen LogP contribution in [0, 0.1) is 0 Å². The third-order valence-electron chi connectivity index (χ3n) is 3.89. The highest BCUT2D eigenvalue weighted by atomic mass is 32.1. The molecule has 3 aromatic carbocycles. The van der Waals surface area contributed by atoms with Crippen LogP contribution in [0.15, 0.2) is 66.7 Å². The van der Waals surface area contributed by atoms with Crippen LogP contribution in [0.3, 0.4) is 0 Å². The van der Waals surface area contributed by atoms with Gasteiger partial charge in [-0.2, -0.15) is 0 Å². The van der Waals surface area contributed by atoms with Crippen molar-refractivity contribution in [1.82, 2.24) is 10.8 Å². The van der Waals surface area contributed by atoms with E-state index in [4.69, 9.17) is 22.2 Å². The van der Waals surface area contributed by atoms with Gasteiger partial charge in [0, 0.05) is 11.1 Å². The SMILES string of the molecule is O=C(NCCOc1ccc(C(=S)NO)cc1)c1ccc2ccccc2c1. The van der Waals surface area contributed by atoms with E-state index in [-0.39, 0.29) is 10.9 Å². The molecule has 0 heterocycles. The smallest absolute Gasteiger partial charge is 0.251 e. The van der Waals surface area contributed by atoms with Gasteiger partial charge in [-0.05, 0) is 47.2 Å². The second-order valence-electron chi connectivity index (χ2n) is 5.63. The molecule has 0 saturated carbocycles. The molecule has 6 heteroatoms. The van der Waals surface area contributed by atoms with Gasteiger partial charge >= 0.3 is 0 Å². The molecule has 3 N–H and O–H groups in total. The zero-order chi connectivity index (χ0) is 18.4. The van der Waals surface area contributed by atoms with E-state index < -0.39 is 0 Å². The van der Waals surface area contributed by atoms with Gasteiger partial charge in [-0.25, -0.2) is 0 Å². The molecule has 0 fully saturated rings. The number of hydrogen-bond donors (Lipinski definition) is 3. The maximum absolute atomic E-state index is 12.2. The lowest BCUT2D eigenvalue weighted by atomic mass is 10.1. The summed E-state index contributed by atoms with van der Waals surface area (Å²) in [6, 6.07) is 20.5. The summed E-state index contributed by atoms with van der Waals surface area (Å²) < 4.78 is 5.59. The molecule has 0 radical (unpaired) electrons. The number of amides is 1. The quantitative estimate of drug-likeness (QED) is 0.355. The fourth-order valence-electron chi connectivity index (χ4n) is 2.53. The number of ether oxygens (including phenoxy) is 1. The van der Waals surface area contributed by atoms with Crippen molar-refractivity contribution >= 4 is 33.9 Å². The normalized spacial score (nSPS) is 10.3. The van der Waals surface area contributed by atoms with Crippen LogP contribution in [-0.4, -0.2) is 29.3 Å². The molecule has 3 rings (SSSR count). The third kappa shape index (κ3) is 4.36. The summed E-state index contributed by atoms with van der Waals surface area (Å²) in [6.07, 6.45) is 0. The molecule has 26 heavy (non-hydrogen) atoms. The van der Waals surface area contributed by atoms with Crippen molar-refractivity contribution in [1.29, 1.82) is 0 Å². The number of fused-ring (bicyclic) bond motifs is 1. The first-order valence-electron chi connectivity index (χ1n) is 8.11. The van der Waals surface area contributed by atoms with E-state index in [0.717, 1.165) is 10.8 Å². The second-order valence-corrected chi connectivity index (χ2v) is 6.04. The van der Waals surface area contributed by atoms with Crippen LogP contribution >= 0.6 is 12.2 Å². The Morgan fingerprint density at radius 2 is 1.65 bits per heavy atom. The van der Waals surface area contributed by atoms with E-state index in [0.29, 0.717) is 30.0 Å². The minimum absolute atomic E-state index is 0.130. The first kappa shape index (κ1) is 17.8. The molecule has 0 saturated heterocycles. The first-order chi connectivity index (χ1) is 12.7. The van der Waals surface area contributed by atoms with Crippen molar-refractivity contribution in [3.63, 3.8) is 0 Å². The summed E-state index contributed by atoms with van der Waals surface area (Å²) in [6.45, 7) is 0.741. The lowest BCUT2D eigenvalue weighted by Gasteiger charge is -2.09. The van der Waals surface area contributed by atoms with Gasteiger partial charge in [-0.15, -0.1) is 0 Å². The van der Waals surface area contributed by atoms with Crippen LogP contribution in [0.5, 0.6) is 5.75 Å². The molecule has 0 spiro atoms. The second kappa shape index (κ2) is 8.42. The maximum atomic E-state index is 12.2. The van der Waals surface area contributed by atoms with Crippen molar-refractivity contribution in [2.75, 3.05) is 13.2 Å². The Kier molecular flexibility index (Phi) is 5.78. The highest BCUT2D eigenvalue weighted by molar-refractivity contribution is 7.80. The molecule has 0 atom stereocenters. The third-order valence-corrected chi connectivity index (χ3v) is 4.21. The number of benzene rings is 3. The van der Waals surface area contributed by atoms with E-state index in [1.54, 1.807) is 24.3 Å². The van der Waals surface area contributed by atoms with E-state index in [9.17, 15) is 4.79 Å². The number of hydroxylamine groups is 1.